The number of methoxy groups -OCH3 is 1. The molecular formula is C24H25N3O4. The summed E-state index contributed by atoms with van der Waals surface area (Å²) in [6.07, 6.45) is 0.165. The molecule has 0 spiro atoms. The molecule has 1 aliphatic heterocycles. The van der Waals surface area contributed by atoms with Crippen LogP contribution in [0.5, 0.6) is 5.75 Å². The van der Waals surface area contributed by atoms with Crippen LogP contribution in [0.4, 0.5) is 5.69 Å². The monoisotopic (exact) mass is 419 g/mol. The number of nitrogens with one attached hydrogen (secondary N) is 1. The Bertz CT molecular complexity index is 1030. The molecule has 31 heavy (non-hydrogen) atoms. The molecule has 3 amide bonds. The van der Waals surface area contributed by atoms with Crippen LogP contribution in [0.25, 0.3) is 0 Å². The zero-order valence-electron chi connectivity index (χ0n) is 17.8. The van der Waals surface area contributed by atoms with E-state index in [0.29, 0.717) is 17.9 Å². The molecule has 7 nitrogen and oxygen atoms in total. The summed E-state index contributed by atoms with van der Waals surface area (Å²) in [5.74, 6) is 5.75. The molecule has 1 unspecified atom stereocenters. The summed E-state index contributed by atoms with van der Waals surface area (Å²) >= 11 is 0. The molecule has 2 aromatic carbocycles. The van der Waals surface area contributed by atoms with E-state index in [1.165, 1.54) is 4.90 Å². The van der Waals surface area contributed by atoms with E-state index < -0.39 is 5.92 Å². The standard InChI is InChI=1S/C24H25N3O4/c1-26(2)24(30)18-11-9-17(10-12-18)6-5-13-25-23(29)19-14-22(28)27(16-19)20-7-4-8-21(15-20)31-3/h4,7-12,15,19H,13-14,16H2,1-3H3,(H,25,29). The van der Waals surface area contributed by atoms with E-state index in [0.717, 1.165) is 11.3 Å². The Morgan fingerprint density at radius 3 is 2.61 bits per heavy atom. The molecule has 1 N–H and O–H groups in total. The number of carbonyl (C=O) groups is 3. The number of hydrogen-bond acceptors (Lipinski definition) is 4. The second-order valence-corrected chi connectivity index (χ2v) is 7.40. The smallest absolute Gasteiger partial charge is 0.253 e. The summed E-state index contributed by atoms with van der Waals surface area (Å²) < 4.78 is 5.20. The summed E-state index contributed by atoms with van der Waals surface area (Å²) in [7, 11) is 4.97. The van der Waals surface area contributed by atoms with E-state index in [9.17, 15) is 14.4 Å². The third kappa shape index (κ3) is 5.43. The largest absolute Gasteiger partial charge is 0.497 e. The molecule has 0 radical (unpaired) electrons. The number of amides is 3. The Balaban J connectivity index is 1.53. The van der Waals surface area contributed by atoms with Gasteiger partial charge < -0.3 is 19.9 Å². The predicted octanol–water partition coefficient (Wildman–Crippen LogP) is 1.92. The Hall–Kier alpha value is -3.79. The fraction of sp³-hybridized carbons (Fsp3) is 0.292. The first-order valence-corrected chi connectivity index (χ1v) is 9.91. The number of benzene rings is 2. The van der Waals surface area contributed by atoms with Gasteiger partial charge in [0, 0.05) is 49.9 Å². The van der Waals surface area contributed by atoms with E-state index in [2.05, 4.69) is 17.2 Å². The lowest BCUT2D eigenvalue weighted by Gasteiger charge is -2.17. The first-order chi connectivity index (χ1) is 14.9. The fourth-order valence-corrected chi connectivity index (χ4v) is 3.29. The van der Waals surface area contributed by atoms with Gasteiger partial charge in [-0.3, -0.25) is 14.4 Å². The van der Waals surface area contributed by atoms with Gasteiger partial charge >= 0.3 is 0 Å². The second kappa shape index (κ2) is 9.81. The first kappa shape index (κ1) is 21.9. The molecule has 0 aliphatic carbocycles. The van der Waals surface area contributed by atoms with Crippen LogP contribution in [-0.4, -0.2) is 56.9 Å². The van der Waals surface area contributed by atoms with Crippen LogP contribution >= 0.6 is 0 Å². The van der Waals surface area contributed by atoms with Gasteiger partial charge in [-0.2, -0.15) is 0 Å². The van der Waals surface area contributed by atoms with Gasteiger partial charge in [0.05, 0.1) is 19.6 Å². The van der Waals surface area contributed by atoms with Crippen molar-refractivity contribution in [1.29, 1.82) is 0 Å². The molecule has 1 saturated heterocycles. The predicted molar refractivity (Wildman–Crippen MR) is 118 cm³/mol. The van der Waals surface area contributed by atoms with Crippen molar-refractivity contribution in [2.75, 3.05) is 39.2 Å². The summed E-state index contributed by atoms with van der Waals surface area (Å²) in [6.45, 7) is 0.508. The third-order valence-corrected chi connectivity index (χ3v) is 4.98. The zero-order chi connectivity index (χ0) is 22.4. The minimum absolute atomic E-state index is 0.0686. The average Bonchev–Trinajstić information content (AvgIpc) is 3.18. The highest BCUT2D eigenvalue weighted by Gasteiger charge is 2.35. The van der Waals surface area contributed by atoms with Crippen LogP contribution < -0.4 is 15.0 Å². The van der Waals surface area contributed by atoms with Crippen molar-refractivity contribution in [3.8, 4) is 17.6 Å². The van der Waals surface area contributed by atoms with Gasteiger partial charge in [0.15, 0.2) is 0 Å². The van der Waals surface area contributed by atoms with Gasteiger partial charge in [0.2, 0.25) is 11.8 Å². The minimum Gasteiger partial charge on any atom is -0.497 e. The molecule has 3 rings (SSSR count). The highest BCUT2D eigenvalue weighted by molar-refractivity contribution is 6.00. The zero-order valence-corrected chi connectivity index (χ0v) is 17.8. The van der Waals surface area contributed by atoms with Gasteiger partial charge in [0.25, 0.3) is 5.91 Å². The Kier molecular flexibility index (Phi) is 6.93. The van der Waals surface area contributed by atoms with Crippen LogP contribution in [0.2, 0.25) is 0 Å². The highest BCUT2D eigenvalue weighted by atomic mass is 16.5. The lowest BCUT2D eigenvalue weighted by Crippen LogP contribution is -2.33. The maximum Gasteiger partial charge on any atom is 0.253 e. The normalized spacial score (nSPS) is 15.1. The van der Waals surface area contributed by atoms with Crippen molar-refractivity contribution in [2.24, 2.45) is 5.92 Å². The van der Waals surface area contributed by atoms with E-state index in [1.807, 2.05) is 12.1 Å². The highest BCUT2D eigenvalue weighted by Crippen LogP contribution is 2.27. The molecule has 7 heteroatoms. The lowest BCUT2D eigenvalue weighted by molar-refractivity contribution is -0.126. The van der Waals surface area contributed by atoms with E-state index in [1.54, 1.807) is 62.5 Å². The maximum absolute atomic E-state index is 12.5. The second-order valence-electron chi connectivity index (χ2n) is 7.40. The van der Waals surface area contributed by atoms with Crippen LogP contribution in [-0.2, 0) is 9.59 Å². The van der Waals surface area contributed by atoms with E-state index in [4.69, 9.17) is 4.74 Å². The topological polar surface area (TPSA) is 79.0 Å². The maximum atomic E-state index is 12.5. The molecule has 0 saturated carbocycles. The van der Waals surface area contributed by atoms with Gasteiger partial charge in [-0.15, -0.1) is 0 Å². The number of rotatable bonds is 5. The molecular weight excluding hydrogens is 394 g/mol. The lowest BCUT2D eigenvalue weighted by atomic mass is 10.1. The molecule has 1 fully saturated rings. The number of hydrogen-bond donors (Lipinski definition) is 1. The van der Waals surface area contributed by atoms with E-state index in [-0.39, 0.29) is 30.7 Å². The summed E-state index contributed by atoms with van der Waals surface area (Å²) in [5, 5.41) is 2.78. The first-order valence-electron chi connectivity index (χ1n) is 9.91. The fourth-order valence-electron chi connectivity index (χ4n) is 3.29. The third-order valence-electron chi connectivity index (χ3n) is 4.98. The molecule has 2 aromatic rings. The van der Waals surface area contributed by atoms with Crippen molar-refractivity contribution < 1.29 is 19.1 Å². The minimum atomic E-state index is -0.420. The molecule has 1 aliphatic rings. The van der Waals surface area contributed by atoms with Gasteiger partial charge in [-0.05, 0) is 36.4 Å². The SMILES string of the molecule is COc1cccc(N2CC(C(=O)NCC#Cc3ccc(C(=O)N(C)C)cc3)CC2=O)c1. The van der Waals surface area contributed by atoms with Crippen LogP contribution in [0.3, 0.4) is 0 Å². The van der Waals surface area contributed by atoms with Crippen LogP contribution in [0, 0.1) is 17.8 Å². The Labute approximate surface area is 182 Å². The molecule has 0 bridgehead atoms. The quantitative estimate of drug-likeness (QED) is 0.751. The molecule has 0 aromatic heterocycles. The van der Waals surface area contributed by atoms with Crippen molar-refractivity contribution in [2.45, 2.75) is 6.42 Å². The van der Waals surface area contributed by atoms with Crippen LogP contribution in [0.1, 0.15) is 22.3 Å². The van der Waals surface area contributed by atoms with Gasteiger partial charge in [-0.1, -0.05) is 17.9 Å². The Morgan fingerprint density at radius 2 is 1.94 bits per heavy atom. The van der Waals surface area contributed by atoms with Crippen molar-refractivity contribution >= 4 is 23.4 Å². The van der Waals surface area contributed by atoms with Crippen molar-refractivity contribution in [1.82, 2.24) is 10.2 Å². The molecule has 160 valence electrons. The Morgan fingerprint density at radius 1 is 1.19 bits per heavy atom. The van der Waals surface area contributed by atoms with Crippen LogP contribution in [0.15, 0.2) is 48.5 Å². The van der Waals surface area contributed by atoms with Gasteiger partial charge in [-0.25, -0.2) is 0 Å². The van der Waals surface area contributed by atoms with Crippen molar-refractivity contribution in [3.63, 3.8) is 0 Å². The van der Waals surface area contributed by atoms with Gasteiger partial charge in [0.1, 0.15) is 5.75 Å². The summed E-state index contributed by atoms with van der Waals surface area (Å²) in [4.78, 5) is 39.8. The molecule has 1 atom stereocenters. The number of nitrogens with zero attached hydrogens (tertiary/aromatic N) is 2. The summed E-state index contributed by atoms with van der Waals surface area (Å²) in [6, 6.07) is 14.2. The number of ether oxygens (including phenoxy) is 1. The molecule has 1 heterocycles. The van der Waals surface area contributed by atoms with Crippen molar-refractivity contribution in [3.05, 3.63) is 59.7 Å². The van der Waals surface area contributed by atoms with E-state index >= 15 is 0 Å². The average molecular weight is 419 g/mol. The number of anilines is 1. The summed E-state index contributed by atoms with van der Waals surface area (Å²) in [5.41, 5.74) is 2.07. The number of carbonyl (C=O) groups excluding carboxylic acids is 3.